The van der Waals surface area contributed by atoms with Crippen molar-refractivity contribution >= 4 is 29.5 Å². The molecule has 0 aliphatic heterocycles. The zero-order chi connectivity index (χ0) is 15.7. The van der Waals surface area contributed by atoms with Crippen LogP contribution < -0.4 is 10.6 Å². The molecule has 7 heteroatoms. The maximum absolute atomic E-state index is 12.0. The van der Waals surface area contributed by atoms with Crippen LogP contribution in [0.3, 0.4) is 0 Å². The van der Waals surface area contributed by atoms with Crippen molar-refractivity contribution < 1.29 is 19.5 Å². The van der Waals surface area contributed by atoms with Gasteiger partial charge in [0.1, 0.15) is 12.6 Å². The highest BCUT2D eigenvalue weighted by molar-refractivity contribution is 7.98. The van der Waals surface area contributed by atoms with Gasteiger partial charge in [0.25, 0.3) is 5.91 Å². The predicted molar refractivity (Wildman–Crippen MR) is 81.3 cm³/mol. The Kier molecular flexibility index (Phi) is 7.31. The zero-order valence-electron chi connectivity index (χ0n) is 11.7. The maximum atomic E-state index is 12.0. The van der Waals surface area contributed by atoms with E-state index in [0.717, 1.165) is 0 Å². The van der Waals surface area contributed by atoms with Gasteiger partial charge < -0.3 is 15.7 Å². The van der Waals surface area contributed by atoms with Crippen LogP contribution in [0.4, 0.5) is 0 Å². The number of hydrogen-bond donors (Lipinski definition) is 3. The first kappa shape index (κ1) is 17.0. The molecular formula is C14H18N2O4S. The van der Waals surface area contributed by atoms with Crippen LogP contribution in [-0.4, -0.2) is 47.5 Å². The number of carboxylic acid groups (broad SMARTS) is 1. The van der Waals surface area contributed by atoms with E-state index in [1.54, 1.807) is 42.1 Å². The molecule has 0 saturated heterocycles. The molecule has 114 valence electrons. The molecule has 0 radical (unpaired) electrons. The minimum absolute atomic E-state index is 0.354. The van der Waals surface area contributed by atoms with Gasteiger partial charge >= 0.3 is 5.97 Å². The van der Waals surface area contributed by atoms with Crippen molar-refractivity contribution in [2.45, 2.75) is 12.5 Å². The number of hydrogen-bond acceptors (Lipinski definition) is 4. The summed E-state index contributed by atoms with van der Waals surface area (Å²) in [4.78, 5) is 34.4. The molecule has 1 unspecified atom stereocenters. The number of benzene rings is 1. The van der Waals surface area contributed by atoms with E-state index in [-0.39, 0.29) is 5.91 Å². The molecule has 3 N–H and O–H groups in total. The van der Waals surface area contributed by atoms with Gasteiger partial charge in [-0.25, -0.2) is 0 Å². The van der Waals surface area contributed by atoms with Crippen LogP contribution in [0.25, 0.3) is 0 Å². The predicted octanol–water partition coefficient (Wildman–Crippen LogP) is 0.739. The molecule has 0 aliphatic carbocycles. The van der Waals surface area contributed by atoms with Crippen LogP contribution in [0.2, 0.25) is 0 Å². The molecule has 0 heterocycles. The van der Waals surface area contributed by atoms with Crippen molar-refractivity contribution in [3.63, 3.8) is 0 Å². The first-order valence-corrected chi connectivity index (χ1v) is 7.78. The molecule has 0 aliphatic rings. The lowest BCUT2D eigenvalue weighted by Gasteiger charge is -2.17. The number of rotatable bonds is 8. The highest BCUT2D eigenvalue weighted by Crippen LogP contribution is 2.04. The molecule has 0 fully saturated rings. The lowest BCUT2D eigenvalue weighted by molar-refractivity contribution is -0.138. The molecule has 0 aromatic heterocycles. The van der Waals surface area contributed by atoms with Crippen molar-refractivity contribution in [1.82, 2.24) is 10.6 Å². The summed E-state index contributed by atoms with van der Waals surface area (Å²) in [5, 5.41) is 13.5. The van der Waals surface area contributed by atoms with Crippen LogP contribution in [0.5, 0.6) is 0 Å². The van der Waals surface area contributed by atoms with Gasteiger partial charge in [-0.1, -0.05) is 18.2 Å². The van der Waals surface area contributed by atoms with Crippen LogP contribution in [0.15, 0.2) is 30.3 Å². The average molecular weight is 310 g/mol. The zero-order valence-corrected chi connectivity index (χ0v) is 12.5. The van der Waals surface area contributed by atoms with E-state index < -0.39 is 24.5 Å². The fraction of sp³-hybridized carbons (Fsp3) is 0.357. The number of nitrogens with one attached hydrogen (secondary N) is 2. The molecular weight excluding hydrogens is 292 g/mol. The summed E-state index contributed by atoms with van der Waals surface area (Å²) < 4.78 is 0. The number of carbonyl (C=O) groups excluding carboxylic acids is 2. The molecule has 1 aromatic rings. The molecule has 1 atom stereocenters. The number of aliphatic carboxylic acids is 1. The molecule has 1 aromatic carbocycles. The first-order valence-electron chi connectivity index (χ1n) is 6.39. The Morgan fingerprint density at radius 2 is 1.90 bits per heavy atom. The van der Waals surface area contributed by atoms with Crippen molar-refractivity contribution in [2.24, 2.45) is 0 Å². The van der Waals surface area contributed by atoms with Gasteiger partial charge in [-0.15, -0.1) is 0 Å². The minimum atomic E-state index is -1.12. The SMILES string of the molecule is CSCCC(NC(=O)c1ccccc1)C(=O)NCC(=O)O. The van der Waals surface area contributed by atoms with Crippen molar-refractivity contribution in [1.29, 1.82) is 0 Å². The monoisotopic (exact) mass is 310 g/mol. The lowest BCUT2D eigenvalue weighted by atomic mass is 10.1. The number of carboxylic acids is 1. The Hall–Kier alpha value is -2.02. The highest BCUT2D eigenvalue weighted by Gasteiger charge is 2.21. The smallest absolute Gasteiger partial charge is 0.322 e. The molecule has 0 spiro atoms. The van der Waals surface area contributed by atoms with Crippen molar-refractivity contribution in [2.75, 3.05) is 18.6 Å². The number of thioether (sulfide) groups is 1. The van der Waals surface area contributed by atoms with Crippen molar-refractivity contribution in [3.05, 3.63) is 35.9 Å². The van der Waals surface area contributed by atoms with E-state index >= 15 is 0 Å². The summed E-state index contributed by atoms with van der Waals surface area (Å²) in [5.41, 5.74) is 0.456. The fourth-order valence-corrected chi connectivity index (χ4v) is 2.09. The average Bonchev–Trinajstić information content (AvgIpc) is 2.49. The third-order valence-corrected chi connectivity index (χ3v) is 3.33. The van der Waals surface area contributed by atoms with Gasteiger partial charge in [-0.2, -0.15) is 11.8 Å². The van der Waals surface area contributed by atoms with Crippen LogP contribution >= 0.6 is 11.8 Å². The van der Waals surface area contributed by atoms with Crippen LogP contribution in [0.1, 0.15) is 16.8 Å². The summed E-state index contributed by atoms with van der Waals surface area (Å²) in [6, 6.07) is 7.81. The Morgan fingerprint density at radius 1 is 1.24 bits per heavy atom. The normalized spacial score (nSPS) is 11.5. The second-order valence-electron chi connectivity index (χ2n) is 4.29. The molecule has 1 rings (SSSR count). The van der Waals surface area contributed by atoms with Gasteiger partial charge in [-0.05, 0) is 30.6 Å². The Labute approximate surface area is 127 Å². The molecule has 2 amide bonds. The fourth-order valence-electron chi connectivity index (χ4n) is 1.62. The second-order valence-corrected chi connectivity index (χ2v) is 5.27. The number of amides is 2. The maximum Gasteiger partial charge on any atom is 0.322 e. The van der Waals surface area contributed by atoms with E-state index in [9.17, 15) is 14.4 Å². The van der Waals surface area contributed by atoms with E-state index in [0.29, 0.717) is 17.7 Å². The van der Waals surface area contributed by atoms with Crippen LogP contribution in [-0.2, 0) is 9.59 Å². The van der Waals surface area contributed by atoms with Gasteiger partial charge in [0.2, 0.25) is 5.91 Å². The van der Waals surface area contributed by atoms with Gasteiger partial charge in [0, 0.05) is 5.56 Å². The quantitative estimate of drug-likeness (QED) is 0.658. The standard InChI is InChI=1S/C14H18N2O4S/c1-21-8-7-11(14(20)15-9-12(17)18)16-13(19)10-5-3-2-4-6-10/h2-6,11H,7-9H2,1H3,(H,15,20)(H,16,19)(H,17,18). The van der Waals surface area contributed by atoms with Gasteiger partial charge in [0.15, 0.2) is 0 Å². The van der Waals surface area contributed by atoms with Crippen LogP contribution in [0, 0.1) is 0 Å². The van der Waals surface area contributed by atoms with Gasteiger partial charge in [-0.3, -0.25) is 14.4 Å². The van der Waals surface area contributed by atoms with E-state index in [1.165, 1.54) is 0 Å². The van der Waals surface area contributed by atoms with E-state index in [4.69, 9.17) is 5.11 Å². The molecule has 0 bridgehead atoms. The van der Waals surface area contributed by atoms with Crippen molar-refractivity contribution in [3.8, 4) is 0 Å². The van der Waals surface area contributed by atoms with E-state index in [2.05, 4.69) is 10.6 Å². The molecule has 21 heavy (non-hydrogen) atoms. The number of carbonyl (C=O) groups is 3. The third-order valence-electron chi connectivity index (χ3n) is 2.68. The third kappa shape index (κ3) is 6.31. The summed E-state index contributed by atoms with van der Waals surface area (Å²) >= 11 is 1.55. The van der Waals surface area contributed by atoms with Gasteiger partial charge in [0.05, 0.1) is 0 Å². The minimum Gasteiger partial charge on any atom is -0.480 e. The topological polar surface area (TPSA) is 95.5 Å². The summed E-state index contributed by atoms with van der Waals surface area (Å²) in [7, 11) is 0. The Morgan fingerprint density at radius 3 is 2.48 bits per heavy atom. The first-order chi connectivity index (χ1) is 10.0. The molecule has 6 nitrogen and oxygen atoms in total. The molecule has 0 saturated carbocycles. The summed E-state index contributed by atoms with van der Waals surface area (Å²) in [6.45, 7) is -0.462. The lowest BCUT2D eigenvalue weighted by Crippen LogP contribution is -2.48. The largest absolute Gasteiger partial charge is 0.480 e. The Bertz CT molecular complexity index is 493. The summed E-state index contributed by atoms with van der Waals surface area (Å²) in [5.74, 6) is -1.29. The Balaban J connectivity index is 2.66. The summed E-state index contributed by atoms with van der Waals surface area (Å²) in [6.07, 6.45) is 2.33. The van der Waals surface area contributed by atoms with E-state index in [1.807, 2.05) is 6.26 Å². The highest BCUT2D eigenvalue weighted by atomic mass is 32.2. The second kappa shape index (κ2) is 9.02.